The molecule has 0 aliphatic rings. The summed E-state index contributed by atoms with van der Waals surface area (Å²) in [6.07, 6.45) is 0. The van der Waals surface area contributed by atoms with Gasteiger partial charge in [-0.05, 0) is 19.9 Å². The third kappa shape index (κ3) is 3.55. The number of aromatic amines is 1. The largest absolute Gasteiger partial charge is 0.333 e. The number of nitrogens with zero attached hydrogens (tertiary/aromatic N) is 3. The normalized spacial score (nSPS) is 12.4. The first-order valence-corrected chi connectivity index (χ1v) is 9.55. The van der Waals surface area contributed by atoms with Crippen molar-refractivity contribution in [1.82, 2.24) is 20.1 Å². The predicted octanol–water partition coefficient (Wildman–Crippen LogP) is 4.80. The summed E-state index contributed by atoms with van der Waals surface area (Å²) in [7, 11) is 1.82. The molecule has 0 aliphatic carbocycles. The summed E-state index contributed by atoms with van der Waals surface area (Å²) in [6.45, 7) is 8.08. The Balaban J connectivity index is 1.80. The zero-order valence-corrected chi connectivity index (χ0v) is 16.6. The van der Waals surface area contributed by atoms with Gasteiger partial charge in [0, 0.05) is 18.5 Å². The van der Waals surface area contributed by atoms with Crippen LogP contribution in [-0.2, 0) is 0 Å². The standard InChI is InChI=1S/C20H24N4OS/c1-12(2)19-21-13(3)18(26-19)20(25)24(5)14(4)16-11-17(23-22-16)15-9-7-6-8-10-15/h6-12,14H,1-5H3,(H,22,23)/t14-/m1/s1. The minimum absolute atomic E-state index is 0.00439. The molecule has 0 fully saturated rings. The van der Waals surface area contributed by atoms with E-state index in [1.807, 2.05) is 57.3 Å². The molecule has 1 aromatic carbocycles. The number of nitrogens with one attached hydrogen (secondary N) is 1. The van der Waals surface area contributed by atoms with Crippen LogP contribution in [-0.4, -0.2) is 33.0 Å². The molecule has 2 heterocycles. The number of H-pyrrole nitrogens is 1. The SMILES string of the molecule is Cc1nc(C(C)C)sc1C(=O)N(C)[C@H](C)c1cc(-c2ccccc2)n[nH]1. The van der Waals surface area contributed by atoms with Crippen LogP contribution in [0.15, 0.2) is 36.4 Å². The molecule has 3 aromatic rings. The molecule has 26 heavy (non-hydrogen) atoms. The van der Waals surface area contributed by atoms with Crippen molar-refractivity contribution in [3.05, 3.63) is 57.7 Å². The van der Waals surface area contributed by atoms with Gasteiger partial charge in [-0.25, -0.2) is 4.98 Å². The molecule has 5 nitrogen and oxygen atoms in total. The van der Waals surface area contributed by atoms with E-state index in [1.165, 1.54) is 11.3 Å². The van der Waals surface area contributed by atoms with E-state index in [4.69, 9.17) is 0 Å². The number of amides is 1. The Morgan fingerprint density at radius 3 is 2.50 bits per heavy atom. The molecule has 1 N–H and O–H groups in total. The van der Waals surface area contributed by atoms with Gasteiger partial charge in [0.2, 0.25) is 0 Å². The fourth-order valence-corrected chi connectivity index (χ4v) is 3.77. The van der Waals surface area contributed by atoms with Gasteiger partial charge in [-0.15, -0.1) is 11.3 Å². The van der Waals surface area contributed by atoms with Crippen LogP contribution in [0.4, 0.5) is 0 Å². The summed E-state index contributed by atoms with van der Waals surface area (Å²) in [4.78, 5) is 20.0. The molecule has 0 bridgehead atoms. The molecule has 0 unspecified atom stereocenters. The maximum absolute atomic E-state index is 13.0. The Morgan fingerprint density at radius 1 is 1.19 bits per heavy atom. The molecule has 6 heteroatoms. The second-order valence-corrected chi connectivity index (χ2v) is 7.82. The number of carbonyl (C=O) groups is 1. The van der Waals surface area contributed by atoms with Crippen molar-refractivity contribution >= 4 is 17.2 Å². The van der Waals surface area contributed by atoms with E-state index >= 15 is 0 Å². The van der Waals surface area contributed by atoms with E-state index in [-0.39, 0.29) is 11.9 Å². The summed E-state index contributed by atoms with van der Waals surface area (Å²) < 4.78 is 0. The summed E-state index contributed by atoms with van der Waals surface area (Å²) in [5.74, 6) is 0.319. The van der Waals surface area contributed by atoms with Gasteiger partial charge < -0.3 is 4.90 Å². The van der Waals surface area contributed by atoms with E-state index in [0.29, 0.717) is 10.8 Å². The molecule has 0 saturated heterocycles. The molecule has 2 aromatic heterocycles. The van der Waals surface area contributed by atoms with E-state index < -0.39 is 0 Å². The molecule has 0 spiro atoms. The maximum Gasteiger partial charge on any atom is 0.266 e. The van der Waals surface area contributed by atoms with Crippen LogP contribution in [0.1, 0.15) is 58.8 Å². The van der Waals surface area contributed by atoms with E-state index in [2.05, 4.69) is 29.0 Å². The fraction of sp³-hybridized carbons (Fsp3) is 0.350. The number of hydrogen-bond donors (Lipinski definition) is 1. The Kier molecular flexibility index (Phi) is 5.23. The van der Waals surface area contributed by atoms with Crippen molar-refractivity contribution in [3.63, 3.8) is 0 Å². The number of hydrogen-bond acceptors (Lipinski definition) is 4. The summed E-state index contributed by atoms with van der Waals surface area (Å²) in [6, 6.07) is 11.9. The van der Waals surface area contributed by atoms with Crippen LogP contribution in [0.3, 0.4) is 0 Å². The zero-order chi connectivity index (χ0) is 18.8. The number of aromatic nitrogens is 3. The highest BCUT2D eigenvalue weighted by Crippen LogP contribution is 2.29. The highest BCUT2D eigenvalue weighted by atomic mass is 32.1. The first kappa shape index (κ1) is 18.3. The summed E-state index contributed by atoms with van der Waals surface area (Å²) in [5.41, 5.74) is 3.64. The van der Waals surface area contributed by atoms with Crippen molar-refractivity contribution in [2.45, 2.75) is 39.7 Å². The number of aryl methyl sites for hydroxylation is 1. The number of rotatable bonds is 5. The lowest BCUT2D eigenvalue weighted by Gasteiger charge is -2.23. The highest BCUT2D eigenvalue weighted by molar-refractivity contribution is 7.13. The van der Waals surface area contributed by atoms with Crippen LogP contribution in [0.25, 0.3) is 11.3 Å². The first-order valence-electron chi connectivity index (χ1n) is 8.73. The number of benzene rings is 1. The molecule has 3 rings (SSSR count). The molecular weight excluding hydrogens is 344 g/mol. The van der Waals surface area contributed by atoms with Gasteiger partial charge in [-0.2, -0.15) is 5.10 Å². The Morgan fingerprint density at radius 2 is 1.88 bits per heavy atom. The second-order valence-electron chi connectivity index (χ2n) is 6.79. The molecule has 136 valence electrons. The van der Waals surface area contributed by atoms with Gasteiger partial charge in [0.1, 0.15) is 4.88 Å². The predicted molar refractivity (Wildman–Crippen MR) is 105 cm³/mol. The smallest absolute Gasteiger partial charge is 0.266 e. The van der Waals surface area contributed by atoms with Gasteiger partial charge in [-0.1, -0.05) is 44.2 Å². The van der Waals surface area contributed by atoms with Crippen LogP contribution in [0.5, 0.6) is 0 Å². The second kappa shape index (κ2) is 7.41. The molecular formula is C20H24N4OS. The monoisotopic (exact) mass is 368 g/mol. The Hall–Kier alpha value is -2.47. The van der Waals surface area contributed by atoms with Crippen LogP contribution >= 0.6 is 11.3 Å². The molecule has 1 atom stereocenters. The summed E-state index contributed by atoms with van der Waals surface area (Å²) in [5, 5.41) is 8.47. The highest BCUT2D eigenvalue weighted by Gasteiger charge is 2.25. The first-order chi connectivity index (χ1) is 12.4. The van der Waals surface area contributed by atoms with Gasteiger partial charge in [0.15, 0.2) is 0 Å². The number of thiazole rings is 1. The summed E-state index contributed by atoms with van der Waals surface area (Å²) >= 11 is 1.49. The lowest BCUT2D eigenvalue weighted by atomic mass is 10.1. The third-order valence-electron chi connectivity index (χ3n) is 4.52. The van der Waals surface area contributed by atoms with Crippen LogP contribution in [0.2, 0.25) is 0 Å². The van der Waals surface area contributed by atoms with E-state index in [9.17, 15) is 4.79 Å². The lowest BCUT2D eigenvalue weighted by molar-refractivity contribution is 0.0743. The van der Waals surface area contributed by atoms with Crippen molar-refractivity contribution < 1.29 is 4.79 Å². The molecule has 0 aliphatic heterocycles. The van der Waals surface area contributed by atoms with Crippen molar-refractivity contribution in [2.24, 2.45) is 0 Å². The van der Waals surface area contributed by atoms with Gasteiger partial charge in [0.25, 0.3) is 5.91 Å². The minimum atomic E-state index is -0.114. The quantitative estimate of drug-likeness (QED) is 0.704. The average Bonchev–Trinajstić information content (AvgIpc) is 3.27. The molecule has 0 radical (unpaired) electrons. The van der Waals surface area contributed by atoms with E-state index in [1.54, 1.807) is 4.90 Å². The van der Waals surface area contributed by atoms with Crippen LogP contribution in [0, 0.1) is 6.92 Å². The Labute approximate surface area is 158 Å². The van der Waals surface area contributed by atoms with Crippen molar-refractivity contribution in [1.29, 1.82) is 0 Å². The Bertz CT molecular complexity index is 898. The van der Waals surface area contributed by atoms with E-state index in [0.717, 1.165) is 27.7 Å². The minimum Gasteiger partial charge on any atom is -0.333 e. The molecule has 0 saturated carbocycles. The topological polar surface area (TPSA) is 61.9 Å². The molecule has 1 amide bonds. The zero-order valence-electron chi connectivity index (χ0n) is 15.8. The lowest BCUT2D eigenvalue weighted by Crippen LogP contribution is -2.29. The number of carbonyl (C=O) groups excluding carboxylic acids is 1. The third-order valence-corrected chi connectivity index (χ3v) is 5.97. The van der Waals surface area contributed by atoms with Gasteiger partial charge in [-0.3, -0.25) is 9.89 Å². The van der Waals surface area contributed by atoms with Crippen molar-refractivity contribution in [2.75, 3.05) is 7.05 Å². The fourth-order valence-electron chi connectivity index (χ4n) is 2.71. The van der Waals surface area contributed by atoms with Gasteiger partial charge >= 0.3 is 0 Å². The maximum atomic E-state index is 13.0. The van der Waals surface area contributed by atoms with Gasteiger partial charge in [0.05, 0.1) is 28.1 Å². The van der Waals surface area contributed by atoms with Crippen molar-refractivity contribution in [3.8, 4) is 11.3 Å². The average molecular weight is 369 g/mol. The van der Waals surface area contributed by atoms with Crippen LogP contribution < -0.4 is 0 Å².